The van der Waals surface area contributed by atoms with Gasteiger partial charge in [-0.2, -0.15) is 0 Å². The van der Waals surface area contributed by atoms with Gasteiger partial charge in [-0.25, -0.2) is 14.8 Å². The lowest BCUT2D eigenvalue weighted by Gasteiger charge is -2.40. The molecule has 2 aromatic rings. The summed E-state index contributed by atoms with van der Waals surface area (Å²) >= 11 is 0. The number of nitrogens with zero attached hydrogens (tertiary/aromatic N) is 2. The van der Waals surface area contributed by atoms with E-state index in [4.69, 9.17) is 5.11 Å². The first-order chi connectivity index (χ1) is 9.22. The highest BCUT2D eigenvalue weighted by molar-refractivity contribution is 5.85. The van der Waals surface area contributed by atoms with E-state index in [0.29, 0.717) is 5.82 Å². The molecule has 1 aliphatic carbocycles. The summed E-state index contributed by atoms with van der Waals surface area (Å²) in [6.45, 7) is 0. The maximum absolute atomic E-state index is 11.0. The monoisotopic (exact) mass is 254 g/mol. The van der Waals surface area contributed by atoms with Gasteiger partial charge in [0.2, 0.25) is 0 Å². The first-order valence-electron chi connectivity index (χ1n) is 6.35. The molecule has 1 N–H and O–H groups in total. The van der Waals surface area contributed by atoms with Gasteiger partial charge in [-0.05, 0) is 24.5 Å². The van der Waals surface area contributed by atoms with Crippen LogP contribution in [0, 0.1) is 0 Å². The van der Waals surface area contributed by atoms with Crippen molar-refractivity contribution in [3.63, 3.8) is 0 Å². The van der Waals surface area contributed by atoms with Crippen molar-refractivity contribution in [1.82, 2.24) is 9.97 Å². The molecule has 1 aliphatic rings. The minimum atomic E-state index is -1.01. The van der Waals surface area contributed by atoms with Gasteiger partial charge in [-0.15, -0.1) is 0 Å². The Balaban J connectivity index is 2.08. The van der Waals surface area contributed by atoms with Crippen molar-refractivity contribution in [2.45, 2.75) is 24.7 Å². The Morgan fingerprint density at radius 1 is 1.16 bits per heavy atom. The lowest BCUT2D eigenvalue weighted by Crippen LogP contribution is -2.37. The van der Waals surface area contributed by atoms with Crippen molar-refractivity contribution >= 4 is 5.97 Å². The normalized spacial score (nSPS) is 16.6. The Kier molecular flexibility index (Phi) is 2.78. The van der Waals surface area contributed by atoms with Crippen molar-refractivity contribution in [3.05, 3.63) is 59.7 Å². The predicted molar refractivity (Wildman–Crippen MR) is 70.1 cm³/mol. The SMILES string of the molecule is O=C(O)c1ccnc(C2(c3ccccc3)CCC2)n1. The molecule has 1 fully saturated rings. The number of rotatable bonds is 3. The molecule has 1 aromatic carbocycles. The van der Waals surface area contributed by atoms with Gasteiger partial charge in [-0.3, -0.25) is 0 Å². The summed E-state index contributed by atoms with van der Waals surface area (Å²) in [4.78, 5) is 19.6. The lowest BCUT2D eigenvalue weighted by molar-refractivity contribution is 0.0689. The van der Waals surface area contributed by atoms with Crippen LogP contribution in [-0.2, 0) is 5.41 Å². The average molecular weight is 254 g/mol. The molecule has 0 radical (unpaired) electrons. The van der Waals surface area contributed by atoms with E-state index < -0.39 is 5.97 Å². The smallest absolute Gasteiger partial charge is 0.354 e. The van der Waals surface area contributed by atoms with Crippen LogP contribution in [0.15, 0.2) is 42.6 Å². The number of hydrogen-bond donors (Lipinski definition) is 1. The number of benzene rings is 1. The van der Waals surface area contributed by atoms with Gasteiger partial charge in [0, 0.05) is 6.20 Å². The molecular weight excluding hydrogens is 240 g/mol. The molecule has 0 unspecified atom stereocenters. The van der Waals surface area contributed by atoms with E-state index in [-0.39, 0.29) is 11.1 Å². The number of hydrogen-bond acceptors (Lipinski definition) is 3. The Bertz CT molecular complexity index is 607. The largest absolute Gasteiger partial charge is 0.477 e. The molecule has 96 valence electrons. The summed E-state index contributed by atoms with van der Waals surface area (Å²) in [5.41, 5.74) is 1.03. The Hall–Kier alpha value is -2.23. The average Bonchev–Trinajstić information content (AvgIpc) is 2.39. The highest BCUT2D eigenvalue weighted by Gasteiger charge is 2.43. The number of carbonyl (C=O) groups is 1. The number of aromatic nitrogens is 2. The van der Waals surface area contributed by atoms with Crippen LogP contribution in [0.4, 0.5) is 0 Å². The fourth-order valence-corrected chi connectivity index (χ4v) is 2.64. The van der Waals surface area contributed by atoms with Crippen LogP contribution in [0.3, 0.4) is 0 Å². The standard InChI is InChI=1S/C15H14N2O2/c18-13(19)12-7-10-16-14(17-12)15(8-4-9-15)11-5-2-1-3-6-11/h1-3,5-7,10H,4,8-9H2,(H,18,19). The van der Waals surface area contributed by atoms with E-state index in [1.807, 2.05) is 18.2 Å². The third-order valence-corrected chi connectivity index (χ3v) is 3.84. The van der Waals surface area contributed by atoms with Crippen LogP contribution in [0.25, 0.3) is 0 Å². The van der Waals surface area contributed by atoms with Gasteiger partial charge in [0.1, 0.15) is 5.82 Å². The molecule has 0 spiro atoms. The fraction of sp³-hybridized carbons (Fsp3) is 0.267. The van der Waals surface area contributed by atoms with Crippen LogP contribution < -0.4 is 0 Å². The molecule has 0 atom stereocenters. The lowest BCUT2D eigenvalue weighted by atomic mass is 9.64. The molecule has 4 heteroatoms. The summed E-state index contributed by atoms with van der Waals surface area (Å²) in [7, 11) is 0. The molecule has 0 bridgehead atoms. The summed E-state index contributed by atoms with van der Waals surface area (Å²) in [5.74, 6) is -0.379. The Morgan fingerprint density at radius 2 is 1.89 bits per heavy atom. The quantitative estimate of drug-likeness (QED) is 0.914. The maximum Gasteiger partial charge on any atom is 0.354 e. The van der Waals surface area contributed by atoms with Crippen molar-refractivity contribution in [2.24, 2.45) is 0 Å². The first-order valence-corrected chi connectivity index (χ1v) is 6.35. The van der Waals surface area contributed by atoms with Crippen LogP contribution in [0.2, 0.25) is 0 Å². The summed E-state index contributed by atoms with van der Waals surface area (Å²) in [6.07, 6.45) is 4.60. The van der Waals surface area contributed by atoms with E-state index in [1.165, 1.54) is 17.8 Å². The third-order valence-electron chi connectivity index (χ3n) is 3.84. The van der Waals surface area contributed by atoms with Crippen LogP contribution in [0.5, 0.6) is 0 Å². The minimum absolute atomic E-state index is 0.0622. The Labute approximate surface area is 111 Å². The van der Waals surface area contributed by atoms with Gasteiger partial charge >= 0.3 is 5.97 Å². The number of aromatic carboxylic acids is 1. The van der Waals surface area contributed by atoms with Crippen LogP contribution in [0.1, 0.15) is 41.1 Å². The van der Waals surface area contributed by atoms with Gasteiger partial charge < -0.3 is 5.11 Å². The second kappa shape index (κ2) is 4.46. The highest BCUT2D eigenvalue weighted by atomic mass is 16.4. The minimum Gasteiger partial charge on any atom is -0.477 e. The predicted octanol–water partition coefficient (Wildman–Crippen LogP) is 2.64. The number of carboxylic acids is 1. The molecule has 19 heavy (non-hydrogen) atoms. The second-order valence-electron chi connectivity index (χ2n) is 4.87. The van der Waals surface area contributed by atoms with Crippen molar-refractivity contribution in [1.29, 1.82) is 0 Å². The van der Waals surface area contributed by atoms with Gasteiger partial charge in [-0.1, -0.05) is 36.8 Å². The number of carboxylic acid groups (broad SMARTS) is 1. The van der Waals surface area contributed by atoms with Crippen LogP contribution >= 0.6 is 0 Å². The molecule has 0 saturated heterocycles. The molecular formula is C15H14N2O2. The molecule has 0 amide bonds. The van der Waals surface area contributed by atoms with Crippen molar-refractivity contribution < 1.29 is 9.90 Å². The molecule has 4 nitrogen and oxygen atoms in total. The summed E-state index contributed by atoms with van der Waals surface area (Å²) in [5, 5.41) is 9.05. The van der Waals surface area contributed by atoms with Gasteiger partial charge in [0.25, 0.3) is 0 Å². The molecule has 0 aliphatic heterocycles. The van der Waals surface area contributed by atoms with E-state index in [0.717, 1.165) is 19.3 Å². The topological polar surface area (TPSA) is 63.1 Å². The molecule has 1 heterocycles. The van der Waals surface area contributed by atoms with Crippen molar-refractivity contribution in [2.75, 3.05) is 0 Å². The van der Waals surface area contributed by atoms with E-state index >= 15 is 0 Å². The first kappa shape index (κ1) is 11.8. The third kappa shape index (κ3) is 1.89. The molecule has 3 rings (SSSR count). The van der Waals surface area contributed by atoms with Crippen molar-refractivity contribution in [3.8, 4) is 0 Å². The Morgan fingerprint density at radius 3 is 2.47 bits per heavy atom. The van der Waals surface area contributed by atoms with E-state index in [2.05, 4.69) is 22.1 Å². The van der Waals surface area contributed by atoms with Gasteiger partial charge in [0.15, 0.2) is 5.69 Å². The zero-order chi connectivity index (χ0) is 13.3. The summed E-state index contributed by atoms with van der Waals surface area (Å²) in [6, 6.07) is 11.5. The van der Waals surface area contributed by atoms with Crippen LogP contribution in [-0.4, -0.2) is 21.0 Å². The van der Waals surface area contributed by atoms with E-state index in [9.17, 15) is 4.79 Å². The summed E-state index contributed by atoms with van der Waals surface area (Å²) < 4.78 is 0. The molecule has 1 saturated carbocycles. The maximum atomic E-state index is 11.0. The van der Waals surface area contributed by atoms with Gasteiger partial charge in [0.05, 0.1) is 5.41 Å². The highest BCUT2D eigenvalue weighted by Crippen LogP contribution is 2.47. The second-order valence-corrected chi connectivity index (χ2v) is 4.87. The zero-order valence-electron chi connectivity index (χ0n) is 10.4. The zero-order valence-corrected chi connectivity index (χ0v) is 10.4. The fourth-order valence-electron chi connectivity index (χ4n) is 2.64. The van der Waals surface area contributed by atoms with E-state index in [1.54, 1.807) is 0 Å². The molecule has 1 aromatic heterocycles.